The first-order valence-corrected chi connectivity index (χ1v) is 5.19. The predicted molar refractivity (Wildman–Crippen MR) is 61.8 cm³/mol. The van der Waals surface area contributed by atoms with Gasteiger partial charge in [-0.25, -0.2) is 0 Å². The van der Waals surface area contributed by atoms with Crippen LogP contribution in [0.4, 0.5) is 5.69 Å². The van der Waals surface area contributed by atoms with Gasteiger partial charge in [0, 0.05) is 18.3 Å². The Morgan fingerprint density at radius 2 is 2.00 bits per heavy atom. The zero-order valence-electron chi connectivity index (χ0n) is 8.59. The number of guanidine groups is 1. The van der Waals surface area contributed by atoms with Crippen molar-refractivity contribution in [3.8, 4) is 0 Å². The average molecular weight is 204 g/mol. The Balaban J connectivity index is 1.88. The molecule has 0 saturated heterocycles. The van der Waals surface area contributed by atoms with Gasteiger partial charge < -0.3 is 16.4 Å². The summed E-state index contributed by atoms with van der Waals surface area (Å²) >= 11 is 0. The maximum atomic E-state index is 7.65. The van der Waals surface area contributed by atoms with Crippen molar-refractivity contribution in [3.05, 3.63) is 29.8 Å². The topological polar surface area (TPSA) is 73.9 Å². The molecule has 0 unspecified atom stereocenters. The van der Waals surface area contributed by atoms with Crippen molar-refractivity contribution in [2.45, 2.75) is 25.4 Å². The van der Waals surface area contributed by atoms with E-state index < -0.39 is 0 Å². The van der Waals surface area contributed by atoms with Crippen LogP contribution < -0.4 is 16.4 Å². The highest BCUT2D eigenvalue weighted by Crippen LogP contribution is 2.18. The summed E-state index contributed by atoms with van der Waals surface area (Å²) in [4.78, 5) is 0. The van der Waals surface area contributed by atoms with E-state index in [4.69, 9.17) is 11.1 Å². The number of hydrogen-bond acceptors (Lipinski definition) is 2. The minimum Gasteiger partial charge on any atom is -0.354 e. The Morgan fingerprint density at radius 1 is 1.33 bits per heavy atom. The van der Waals surface area contributed by atoms with Gasteiger partial charge in [0.15, 0.2) is 5.96 Å². The lowest BCUT2D eigenvalue weighted by Gasteiger charge is -2.09. The van der Waals surface area contributed by atoms with Crippen molar-refractivity contribution in [1.82, 2.24) is 5.32 Å². The van der Waals surface area contributed by atoms with Gasteiger partial charge in [0.25, 0.3) is 0 Å². The highest BCUT2D eigenvalue weighted by molar-refractivity contribution is 5.91. The van der Waals surface area contributed by atoms with Gasteiger partial charge in [-0.05, 0) is 30.5 Å². The number of anilines is 1. The second-order valence-corrected chi connectivity index (χ2v) is 3.82. The molecule has 80 valence electrons. The molecule has 0 radical (unpaired) electrons. The highest BCUT2D eigenvalue weighted by atomic mass is 15.2. The molecular formula is C11H16N4. The number of nitrogens with one attached hydrogen (secondary N) is 3. The molecule has 4 nitrogen and oxygen atoms in total. The predicted octanol–water partition coefficient (Wildman–Crippen LogP) is 1.24. The fourth-order valence-corrected chi connectivity index (χ4v) is 1.34. The molecule has 5 N–H and O–H groups in total. The van der Waals surface area contributed by atoms with Gasteiger partial charge >= 0.3 is 0 Å². The van der Waals surface area contributed by atoms with Gasteiger partial charge in [-0.1, -0.05) is 12.1 Å². The van der Waals surface area contributed by atoms with Crippen LogP contribution in [0.5, 0.6) is 0 Å². The van der Waals surface area contributed by atoms with Crippen LogP contribution in [0.2, 0.25) is 0 Å². The standard InChI is InChI=1S/C11H16N4/c12-7-8-1-3-9(4-2-8)14-11(13)15-10-5-6-10/h1-4,10H,5-7,12H2,(H3,13,14,15). The lowest BCUT2D eigenvalue weighted by molar-refractivity contribution is 0.897. The van der Waals surface area contributed by atoms with E-state index in [1.54, 1.807) is 0 Å². The van der Waals surface area contributed by atoms with Crippen molar-refractivity contribution in [1.29, 1.82) is 5.41 Å². The average Bonchev–Trinajstić information content (AvgIpc) is 3.03. The molecule has 0 spiro atoms. The third-order valence-electron chi connectivity index (χ3n) is 2.38. The smallest absolute Gasteiger partial charge is 0.193 e. The summed E-state index contributed by atoms with van der Waals surface area (Å²) in [6.07, 6.45) is 2.35. The molecule has 0 amide bonds. The molecule has 2 rings (SSSR count). The van der Waals surface area contributed by atoms with Crippen molar-refractivity contribution in [2.75, 3.05) is 5.32 Å². The molecule has 0 bridgehead atoms. The summed E-state index contributed by atoms with van der Waals surface area (Å²) in [6.45, 7) is 0.554. The number of rotatable bonds is 3. The van der Waals surface area contributed by atoms with E-state index in [1.807, 2.05) is 24.3 Å². The quantitative estimate of drug-likeness (QED) is 0.442. The Labute approximate surface area is 89.4 Å². The van der Waals surface area contributed by atoms with Gasteiger partial charge in [0.1, 0.15) is 0 Å². The van der Waals surface area contributed by atoms with Gasteiger partial charge in [-0.2, -0.15) is 0 Å². The summed E-state index contributed by atoms with van der Waals surface area (Å²) in [6, 6.07) is 8.31. The van der Waals surface area contributed by atoms with Crippen LogP contribution in [-0.2, 0) is 6.54 Å². The molecule has 0 heterocycles. The van der Waals surface area contributed by atoms with Crippen LogP contribution in [-0.4, -0.2) is 12.0 Å². The Kier molecular flexibility index (Phi) is 2.87. The minimum atomic E-state index is 0.373. The van der Waals surface area contributed by atoms with Crippen molar-refractivity contribution >= 4 is 11.6 Å². The summed E-state index contributed by atoms with van der Waals surface area (Å²) in [5, 5.41) is 13.7. The molecule has 15 heavy (non-hydrogen) atoms. The van der Waals surface area contributed by atoms with Gasteiger partial charge in [-0.3, -0.25) is 5.41 Å². The van der Waals surface area contributed by atoms with Crippen LogP contribution in [0.25, 0.3) is 0 Å². The number of hydrogen-bond donors (Lipinski definition) is 4. The van der Waals surface area contributed by atoms with E-state index in [-0.39, 0.29) is 0 Å². The van der Waals surface area contributed by atoms with E-state index in [1.165, 1.54) is 12.8 Å². The Bertz CT molecular complexity index is 340. The maximum Gasteiger partial charge on any atom is 0.193 e. The summed E-state index contributed by atoms with van der Waals surface area (Å²) in [7, 11) is 0. The van der Waals surface area contributed by atoms with Gasteiger partial charge in [-0.15, -0.1) is 0 Å². The summed E-state index contributed by atoms with van der Waals surface area (Å²) in [5.41, 5.74) is 7.52. The molecule has 1 aliphatic carbocycles. The maximum absolute atomic E-state index is 7.65. The second kappa shape index (κ2) is 4.31. The first kappa shape index (κ1) is 9.98. The third-order valence-corrected chi connectivity index (χ3v) is 2.38. The monoisotopic (exact) mass is 204 g/mol. The van der Waals surface area contributed by atoms with Gasteiger partial charge in [0.2, 0.25) is 0 Å². The van der Waals surface area contributed by atoms with Crippen molar-refractivity contribution in [3.63, 3.8) is 0 Å². The zero-order valence-corrected chi connectivity index (χ0v) is 8.59. The molecule has 0 aromatic heterocycles. The number of nitrogens with two attached hydrogens (primary N) is 1. The molecule has 1 aromatic carbocycles. The fraction of sp³-hybridized carbons (Fsp3) is 0.364. The Morgan fingerprint density at radius 3 is 2.53 bits per heavy atom. The Hall–Kier alpha value is -1.55. The fourth-order valence-electron chi connectivity index (χ4n) is 1.34. The largest absolute Gasteiger partial charge is 0.354 e. The van der Waals surface area contributed by atoms with E-state index in [2.05, 4.69) is 10.6 Å². The lowest BCUT2D eigenvalue weighted by Crippen LogP contribution is -2.31. The van der Waals surface area contributed by atoms with E-state index in [0.717, 1.165) is 11.3 Å². The second-order valence-electron chi connectivity index (χ2n) is 3.82. The van der Waals surface area contributed by atoms with Crippen LogP contribution >= 0.6 is 0 Å². The van der Waals surface area contributed by atoms with E-state index in [9.17, 15) is 0 Å². The lowest BCUT2D eigenvalue weighted by atomic mass is 10.2. The summed E-state index contributed by atoms with van der Waals surface area (Å²) in [5.74, 6) is 0.373. The minimum absolute atomic E-state index is 0.373. The SMILES string of the molecule is N=C(Nc1ccc(CN)cc1)NC1CC1. The zero-order chi connectivity index (χ0) is 10.7. The molecule has 1 aliphatic rings. The molecule has 1 fully saturated rings. The van der Waals surface area contributed by atoms with Crippen molar-refractivity contribution in [2.24, 2.45) is 5.73 Å². The first-order valence-electron chi connectivity index (χ1n) is 5.19. The van der Waals surface area contributed by atoms with E-state index >= 15 is 0 Å². The third kappa shape index (κ3) is 2.95. The summed E-state index contributed by atoms with van der Waals surface area (Å²) < 4.78 is 0. The van der Waals surface area contributed by atoms with Crippen molar-refractivity contribution < 1.29 is 0 Å². The molecule has 0 aliphatic heterocycles. The molecule has 0 atom stereocenters. The van der Waals surface area contributed by atoms with Crippen LogP contribution in [0.15, 0.2) is 24.3 Å². The number of benzene rings is 1. The van der Waals surface area contributed by atoms with E-state index in [0.29, 0.717) is 18.5 Å². The highest BCUT2D eigenvalue weighted by Gasteiger charge is 2.21. The first-order chi connectivity index (χ1) is 7.28. The molecule has 4 heteroatoms. The molecular weight excluding hydrogens is 188 g/mol. The normalized spacial score (nSPS) is 14.7. The van der Waals surface area contributed by atoms with Crippen LogP contribution in [0.1, 0.15) is 18.4 Å². The van der Waals surface area contributed by atoms with Gasteiger partial charge in [0.05, 0.1) is 0 Å². The molecule has 1 saturated carbocycles. The molecule has 1 aromatic rings. The van der Waals surface area contributed by atoms with Crippen LogP contribution in [0.3, 0.4) is 0 Å². The van der Waals surface area contributed by atoms with Crippen LogP contribution in [0, 0.1) is 5.41 Å².